The van der Waals surface area contributed by atoms with Crippen LogP contribution in [0, 0.1) is 12.8 Å². The van der Waals surface area contributed by atoms with Crippen LogP contribution in [0.4, 0.5) is 0 Å². The molecule has 2 nitrogen and oxygen atoms in total. The highest BCUT2D eigenvalue weighted by Gasteiger charge is 2.35. The molecule has 84 valence electrons. The number of Topliss-reactive ketones (excluding diaryl/α,β-unsaturated/α-hetero) is 1. The van der Waals surface area contributed by atoms with E-state index in [0.717, 1.165) is 16.9 Å². The van der Waals surface area contributed by atoms with Gasteiger partial charge >= 0.3 is 0 Å². The molecule has 1 aromatic rings. The van der Waals surface area contributed by atoms with Crippen LogP contribution in [0.25, 0.3) is 0 Å². The Labute approximate surface area is 95.6 Å². The second-order valence-corrected chi connectivity index (χ2v) is 4.97. The van der Waals surface area contributed by atoms with Gasteiger partial charge in [-0.25, -0.2) is 0 Å². The molecule has 1 aliphatic heterocycles. The molecule has 1 unspecified atom stereocenters. The van der Waals surface area contributed by atoms with E-state index in [0.29, 0.717) is 12.3 Å². The minimum Gasteiger partial charge on any atom is -0.489 e. The first kappa shape index (κ1) is 9.88. The first-order valence-electron chi connectivity index (χ1n) is 6.04. The monoisotopic (exact) mass is 216 g/mol. The Morgan fingerprint density at radius 2 is 2.12 bits per heavy atom. The molecule has 0 saturated heterocycles. The quantitative estimate of drug-likeness (QED) is 0.721. The van der Waals surface area contributed by atoms with Crippen LogP contribution in [0.3, 0.4) is 0 Å². The van der Waals surface area contributed by atoms with Crippen molar-refractivity contribution in [3.63, 3.8) is 0 Å². The van der Waals surface area contributed by atoms with Gasteiger partial charge in [0.25, 0.3) is 0 Å². The van der Waals surface area contributed by atoms with Crippen molar-refractivity contribution in [2.75, 3.05) is 0 Å². The van der Waals surface area contributed by atoms with Gasteiger partial charge in [-0.15, -0.1) is 0 Å². The normalized spacial score (nSPS) is 24.6. The van der Waals surface area contributed by atoms with E-state index >= 15 is 0 Å². The lowest BCUT2D eigenvalue weighted by atomic mass is 9.78. The highest BCUT2D eigenvalue weighted by Crippen LogP contribution is 2.38. The summed E-state index contributed by atoms with van der Waals surface area (Å²) < 4.78 is 5.94. The minimum absolute atomic E-state index is 0.136. The second kappa shape index (κ2) is 3.62. The van der Waals surface area contributed by atoms with E-state index in [4.69, 9.17) is 4.74 Å². The molecule has 1 saturated carbocycles. The number of carbonyl (C=O) groups excluding carboxylic acids is 1. The predicted octanol–water partition coefficient (Wildman–Crippen LogP) is 3.13. The fourth-order valence-electron chi connectivity index (χ4n) is 2.54. The molecule has 2 aliphatic rings. The molecule has 1 fully saturated rings. The van der Waals surface area contributed by atoms with Crippen LogP contribution in [0.2, 0.25) is 0 Å². The average molecular weight is 216 g/mol. The third-order valence-electron chi connectivity index (χ3n) is 3.78. The molecule has 16 heavy (non-hydrogen) atoms. The van der Waals surface area contributed by atoms with Crippen molar-refractivity contribution in [2.45, 2.75) is 38.7 Å². The number of hydrogen-bond acceptors (Lipinski definition) is 2. The number of rotatable bonds is 1. The molecule has 1 heterocycles. The van der Waals surface area contributed by atoms with E-state index in [1.807, 2.05) is 25.1 Å². The summed E-state index contributed by atoms with van der Waals surface area (Å²) in [5.41, 5.74) is 1.90. The van der Waals surface area contributed by atoms with Crippen molar-refractivity contribution >= 4 is 5.78 Å². The van der Waals surface area contributed by atoms with Gasteiger partial charge in [0.05, 0.1) is 5.56 Å². The number of fused-ring (bicyclic) bond motifs is 1. The van der Waals surface area contributed by atoms with E-state index in [9.17, 15) is 4.79 Å². The minimum atomic E-state index is 0.136. The van der Waals surface area contributed by atoms with E-state index in [-0.39, 0.29) is 11.9 Å². The molecular weight excluding hydrogens is 200 g/mol. The molecule has 1 aromatic carbocycles. The maximum Gasteiger partial charge on any atom is 0.170 e. The van der Waals surface area contributed by atoms with Gasteiger partial charge in [0.1, 0.15) is 11.9 Å². The summed E-state index contributed by atoms with van der Waals surface area (Å²) in [6.07, 6.45) is 4.44. The largest absolute Gasteiger partial charge is 0.489 e. The summed E-state index contributed by atoms with van der Waals surface area (Å²) in [6.45, 7) is 2.01. The lowest BCUT2D eigenvalue weighted by Crippen LogP contribution is -2.37. The third-order valence-corrected chi connectivity index (χ3v) is 3.78. The van der Waals surface area contributed by atoms with Crippen molar-refractivity contribution in [3.05, 3.63) is 29.3 Å². The molecule has 1 atom stereocenters. The van der Waals surface area contributed by atoms with Gasteiger partial charge in [0.2, 0.25) is 0 Å². The van der Waals surface area contributed by atoms with Gasteiger partial charge in [-0.05, 0) is 37.8 Å². The maximum absolute atomic E-state index is 12.0. The van der Waals surface area contributed by atoms with Crippen LogP contribution in [-0.4, -0.2) is 11.9 Å². The second-order valence-electron chi connectivity index (χ2n) is 4.97. The first-order chi connectivity index (χ1) is 7.74. The zero-order valence-electron chi connectivity index (χ0n) is 9.53. The van der Waals surface area contributed by atoms with Gasteiger partial charge in [-0.1, -0.05) is 18.1 Å². The van der Waals surface area contributed by atoms with Crippen LogP contribution in [0.15, 0.2) is 18.2 Å². The zero-order valence-corrected chi connectivity index (χ0v) is 9.53. The van der Waals surface area contributed by atoms with Gasteiger partial charge in [0.15, 0.2) is 5.78 Å². The first-order valence-corrected chi connectivity index (χ1v) is 6.04. The van der Waals surface area contributed by atoms with Gasteiger partial charge in [-0.2, -0.15) is 0 Å². The fourth-order valence-corrected chi connectivity index (χ4v) is 2.54. The summed E-state index contributed by atoms with van der Waals surface area (Å²) in [6, 6.07) is 5.89. The van der Waals surface area contributed by atoms with Gasteiger partial charge < -0.3 is 4.74 Å². The van der Waals surface area contributed by atoms with Crippen LogP contribution in [0.1, 0.15) is 41.6 Å². The average Bonchev–Trinajstić information content (AvgIpc) is 2.17. The Morgan fingerprint density at radius 3 is 2.81 bits per heavy atom. The van der Waals surface area contributed by atoms with Gasteiger partial charge in [-0.3, -0.25) is 4.79 Å². The molecule has 1 aliphatic carbocycles. The van der Waals surface area contributed by atoms with Crippen LogP contribution < -0.4 is 4.74 Å². The topological polar surface area (TPSA) is 26.3 Å². The van der Waals surface area contributed by atoms with Crippen LogP contribution >= 0.6 is 0 Å². The summed E-state index contributed by atoms with van der Waals surface area (Å²) in [5.74, 6) is 1.65. The Kier molecular flexibility index (Phi) is 2.23. The molecule has 0 radical (unpaired) electrons. The van der Waals surface area contributed by atoms with Crippen molar-refractivity contribution in [1.29, 1.82) is 0 Å². The predicted molar refractivity (Wildman–Crippen MR) is 61.9 cm³/mol. The molecule has 0 aromatic heterocycles. The van der Waals surface area contributed by atoms with Crippen LogP contribution in [-0.2, 0) is 0 Å². The Morgan fingerprint density at radius 1 is 1.31 bits per heavy atom. The van der Waals surface area contributed by atoms with Crippen molar-refractivity contribution in [3.8, 4) is 5.75 Å². The summed E-state index contributed by atoms with van der Waals surface area (Å²) in [4.78, 5) is 12.0. The van der Waals surface area contributed by atoms with E-state index in [1.54, 1.807) is 0 Å². The Balaban J connectivity index is 1.90. The molecular formula is C14H16O2. The van der Waals surface area contributed by atoms with Crippen molar-refractivity contribution in [2.24, 2.45) is 5.92 Å². The van der Waals surface area contributed by atoms with Crippen LogP contribution in [0.5, 0.6) is 5.75 Å². The Bertz CT molecular complexity index is 432. The van der Waals surface area contributed by atoms with E-state index in [2.05, 4.69) is 0 Å². The smallest absolute Gasteiger partial charge is 0.170 e. The van der Waals surface area contributed by atoms with Gasteiger partial charge in [0, 0.05) is 6.42 Å². The Hall–Kier alpha value is -1.31. The van der Waals surface area contributed by atoms with E-state index < -0.39 is 0 Å². The lowest BCUT2D eigenvalue weighted by Gasteiger charge is -2.36. The summed E-state index contributed by atoms with van der Waals surface area (Å²) >= 11 is 0. The maximum atomic E-state index is 12.0. The highest BCUT2D eigenvalue weighted by atomic mass is 16.5. The highest BCUT2D eigenvalue weighted by molar-refractivity contribution is 6.00. The van der Waals surface area contributed by atoms with Crippen molar-refractivity contribution < 1.29 is 9.53 Å². The number of ketones is 1. The zero-order chi connectivity index (χ0) is 11.1. The number of aryl methyl sites for hydroxylation is 1. The summed E-state index contributed by atoms with van der Waals surface area (Å²) in [5, 5.41) is 0. The van der Waals surface area contributed by atoms with Crippen molar-refractivity contribution in [1.82, 2.24) is 0 Å². The molecule has 3 rings (SSSR count). The third kappa shape index (κ3) is 1.53. The number of hydrogen-bond donors (Lipinski definition) is 0. The lowest BCUT2D eigenvalue weighted by molar-refractivity contribution is 0.0547. The number of carbonyl (C=O) groups is 1. The summed E-state index contributed by atoms with van der Waals surface area (Å²) in [7, 11) is 0. The number of ether oxygens (including phenoxy) is 1. The number of benzene rings is 1. The molecule has 0 spiro atoms. The SMILES string of the molecule is Cc1ccc2c(c1)C(=O)CC(C1CCC1)O2. The molecule has 0 N–H and O–H groups in total. The molecule has 0 bridgehead atoms. The fraction of sp³-hybridized carbons (Fsp3) is 0.500. The molecule has 2 heteroatoms. The van der Waals surface area contributed by atoms with E-state index in [1.165, 1.54) is 19.3 Å². The standard InChI is InChI=1S/C14H16O2/c1-9-5-6-13-11(7-9)12(15)8-14(16-13)10-3-2-4-10/h5-7,10,14H,2-4,8H2,1H3. The molecule has 0 amide bonds.